The van der Waals surface area contributed by atoms with Gasteiger partial charge in [-0.15, -0.1) is 0 Å². The fourth-order valence-corrected chi connectivity index (χ4v) is 2.23. The highest BCUT2D eigenvalue weighted by atomic mass is 79.9. The van der Waals surface area contributed by atoms with E-state index in [4.69, 9.17) is 0 Å². The number of carbonyl (C=O) groups excluding carboxylic acids is 2. The molecular weight excluding hydrogens is 315 g/mol. The molecule has 96 valence electrons. The van der Waals surface area contributed by atoms with Crippen molar-refractivity contribution in [3.63, 3.8) is 0 Å². The van der Waals surface area contributed by atoms with Crippen molar-refractivity contribution in [3.8, 4) is 0 Å². The molecule has 1 unspecified atom stereocenters. The molecule has 1 N–H and O–H groups in total. The lowest BCUT2D eigenvalue weighted by molar-refractivity contribution is -0.174. The van der Waals surface area contributed by atoms with E-state index in [1.807, 2.05) is 5.32 Å². The summed E-state index contributed by atoms with van der Waals surface area (Å²) in [6.45, 7) is 0. The quantitative estimate of drug-likeness (QED) is 0.864. The number of carbonyl (C=O) groups is 2. The highest BCUT2D eigenvalue weighted by Crippen LogP contribution is 2.33. The Morgan fingerprint density at radius 2 is 2.06 bits per heavy atom. The van der Waals surface area contributed by atoms with Crippen molar-refractivity contribution in [1.29, 1.82) is 0 Å². The Hall–Kier alpha value is -1.37. The summed E-state index contributed by atoms with van der Waals surface area (Å²) in [5.41, 5.74) is 0.762. The van der Waals surface area contributed by atoms with Gasteiger partial charge in [-0.2, -0.15) is 13.2 Å². The summed E-state index contributed by atoms with van der Waals surface area (Å²) in [6, 6.07) is 3.78. The highest BCUT2D eigenvalue weighted by molar-refractivity contribution is 9.10. The van der Waals surface area contributed by atoms with Crippen LogP contribution < -0.4 is 5.32 Å². The van der Waals surface area contributed by atoms with Gasteiger partial charge in [0.25, 0.3) is 0 Å². The first-order valence-corrected chi connectivity index (χ1v) is 5.78. The Morgan fingerprint density at radius 3 is 2.67 bits per heavy atom. The van der Waals surface area contributed by atoms with E-state index in [9.17, 15) is 22.8 Å². The zero-order chi connectivity index (χ0) is 13.5. The second kappa shape index (κ2) is 4.38. The minimum Gasteiger partial charge on any atom is -0.341 e. The fraction of sp³-hybridized carbons (Fsp3) is 0.273. The second-order valence-corrected chi connectivity index (χ2v) is 4.80. The number of amides is 1. The maximum Gasteiger partial charge on any atom is 0.471 e. The summed E-state index contributed by atoms with van der Waals surface area (Å²) >= 11 is 3.17. The van der Waals surface area contributed by atoms with Gasteiger partial charge in [-0.3, -0.25) is 9.59 Å². The maximum absolute atomic E-state index is 12.1. The Kier molecular flexibility index (Phi) is 3.18. The number of nitrogens with one attached hydrogen (secondary N) is 1. The molecule has 1 aromatic rings. The van der Waals surface area contributed by atoms with Gasteiger partial charge in [-0.25, -0.2) is 0 Å². The summed E-state index contributed by atoms with van der Waals surface area (Å²) in [5, 5.41) is 1.83. The largest absolute Gasteiger partial charge is 0.471 e. The van der Waals surface area contributed by atoms with Crippen LogP contribution in [0.15, 0.2) is 22.7 Å². The predicted octanol–water partition coefficient (Wildman–Crippen LogP) is 2.76. The van der Waals surface area contributed by atoms with Crippen LogP contribution in [0.25, 0.3) is 0 Å². The summed E-state index contributed by atoms with van der Waals surface area (Å²) in [5.74, 6) is -2.31. The Labute approximate surface area is 108 Å². The third kappa shape index (κ3) is 2.40. The average molecular weight is 322 g/mol. The van der Waals surface area contributed by atoms with Crippen LogP contribution in [-0.4, -0.2) is 17.9 Å². The van der Waals surface area contributed by atoms with Crippen LogP contribution in [0, 0.1) is 0 Å². The fourth-order valence-electron chi connectivity index (χ4n) is 1.85. The molecule has 0 radical (unpaired) electrons. The van der Waals surface area contributed by atoms with E-state index in [1.54, 1.807) is 12.1 Å². The normalized spacial score (nSPS) is 18.7. The Morgan fingerprint density at radius 1 is 1.39 bits per heavy atom. The zero-order valence-electron chi connectivity index (χ0n) is 8.84. The van der Waals surface area contributed by atoms with Gasteiger partial charge in [0.1, 0.15) is 0 Å². The Balaban J connectivity index is 2.27. The van der Waals surface area contributed by atoms with E-state index in [-0.39, 0.29) is 12.2 Å². The minimum atomic E-state index is -4.95. The first kappa shape index (κ1) is 13.1. The van der Waals surface area contributed by atoms with Gasteiger partial charge in [0.05, 0.1) is 6.04 Å². The number of halogens is 4. The van der Waals surface area contributed by atoms with Gasteiger partial charge in [0.2, 0.25) is 0 Å². The average Bonchev–Trinajstić information content (AvgIpc) is 2.54. The zero-order valence-corrected chi connectivity index (χ0v) is 10.4. The van der Waals surface area contributed by atoms with E-state index < -0.39 is 18.1 Å². The molecule has 1 aliphatic carbocycles. The van der Waals surface area contributed by atoms with E-state index in [0.717, 1.165) is 0 Å². The second-order valence-electron chi connectivity index (χ2n) is 3.88. The van der Waals surface area contributed by atoms with Gasteiger partial charge in [0.15, 0.2) is 5.78 Å². The molecule has 0 saturated carbocycles. The van der Waals surface area contributed by atoms with Crippen molar-refractivity contribution in [2.45, 2.75) is 18.6 Å². The van der Waals surface area contributed by atoms with Crippen LogP contribution in [0.2, 0.25) is 0 Å². The number of benzene rings is 1. The molecule has 0 fully saturated rings. The molecule has 18 heavy (non-hydrogen) atoms. The van der Waals surface area contributed by atoms with Gasteiger partial charge < -0.3 is 5.32 Å². The highest BCUT2D eigenvalue weighted by Gasteiger charge is 2.41. The van der Waals surface area contributed by atoms with Crippen molar-refractivity contribution < 1.29 is 22.8 Å². The van der Waals surface area contributed by atoms with E-state index in [2.05, 4.69) is 15.9 Å². The standard InChI is InChI=1S/C11H7BrF3NO2/c12-5-1-2-6-7(3-5)8(4-9(6)17)16-10(18)11(13,14)15/h1-3,8H,4H2,(H,16,18). The smallest absolute Gasteiger partial charge is 0.341 e. The van der Waals surface area contributed by atoms with Gasteiger partial charge >= 0.3 is 12.1 Å². The lowest BCUT2D eigenvalue weighted by Gasteiger charge is -2.14. The van der Waals surface area contributed by atoms with Crippen molar-refractivity contribution in [3.05, 3.63) is 33.8 Å². The lowest BCUT2D eigenvalue weighted by Crippen LogP contribution is -2.38. The molecule has 1 aromatic carbocycles. The van der Waals surface area contributed by atoms with Crippen LogP contribution >= 0.6 is 15.9 Å². The van der Waals surface area contributed by atoms with Crippen LogP contribution in [0.1, 0.15) is 28.4 Å². The Bertz CT molecular complexity index is 528. The van der Waals surface area contributed by atoms with Crippen molar-refractivity contribution >= 4 is 27.6 Å². The van der Waals surface area contributed by atoms with Crippen LogP contribution in [0.3, 0.4) is 0 Å². The van der Waals surface area contributed by atoms with Crippen LogP contribution in [-0.2, 0) is 4.79 Å². The number of hydrogen-bond donors (Lipinski definition) is 1. The minimum absolute atomic E-state index is 0.145. The lowest BCUT2D eigenvalue weighted by atomic mass is 10.1. The molecule has 1 aliphatic rings. The molecule has 0 aliphatic heterocycles. The summed E-state index contributed by atoms with van der Waals surface area (Å²) < 4.78 is 37.1. The molecule has 0 heterocycles. The maximum atomic E-state index is 12.1. The van der Waals surface area contributed by atoms with Crippen LogP contribution in [0.4, 0.5) is 13.2 Å². The molecule has 3 nitrogen and oxygen atoms in total. The number of Topliss-reactive ketones (excluding diaryl/α,β-unsaturated/α-hetero) is 1. The molecule has 1 atom stereocenters. The number of hydrogen-bond acceptors (Lipinski definition) is 2. The first-order chi connectivity index (χ1) is 8.29. The van der Waals surface area contributed by atoms with E-state index in [1.165, 1.54) is 6.07 Å². The molecule has 1 amide bonds. The van der Waals surface area contributed by atoms with Gasteiger partial charge in [-0.1, -0.05) is 15.9 Å². The van der Waals surface area contributed by atoms with Crippen LogP contribution in [0.5, 0.6) is 0 Å². The summed E-state index contributed by atoms with van der Waals surface area (Å²) in [6.07, 6.45) is -5.09. The van der Waals surface area contributed by atoms with Crippen molar-refractivity contribution in [1.82, 2.24) is 5.32 Å². The molecule has 0 aromatic heterocycles. The predicted molar refractivity (Wildman–Crippen MR) is 60.0 cm³/mol. The molecular formula is C11H7BrF3NO2. The number of fused-ring (bicyclic) bond motifs is 1. The van der Waals surface area contributed by atoms with Gasteiger partial charge in [0, 0.05) is 16.5 Å². The molecule has 2 rings (SSSR count). The summed E-state index contributed by atoms with van der Waals surface area (Å²) in [7, 11) is 0. The van der Waals surface area contributed by atoms with Gasteiger partial charge in [-0.05, 0) is 23.8 Å². The molecule has 0 spiro atoms. The third-order valence-electron chi connectivity index (χ3n) is 2.64. The topological polar surface area (TPSA) is 46.2 Å². The molecule has 0 bridgehead atoms. The third-order valence-corrected chi connectivity index (χ3v) is 3.13. The van der Waals surface area contributed by atoms with Crippen molar-refractivity contribution in [2.24, 2.45) is 0 Å². The van der Waals surface area contributed by atoms with E-state index >= 15 is 0 Å². The number of alkyl halides is 3. The molecule has 7 heteroatoms. The number of ketones is 1. The first-order valence-electron chi connectivity index (χ1n) is 4.99. The monoisotopic (exact) mass is 321 g/mol. The van der Waals surface area contributed by atoms with Crippen molar-refractivity contribution in [2.75, 3.05) is 0 Å². The van der Waals surface area contributed by atoms with E-state index in [0.29, 0.717) is 15.6 Å². The molecule has 0 saturated heterocycles. The SMILES string of the molecule is O=C1CC(NC(=O)C(F)(F)F)c2cc(Br)ccc21. The summed E-state index contributed by atoms with van der Waals surface area (Å²) in [4.78, 5) is 22.4. The number of rotatable bonds is 1.